The molecule has 0 unspecified atom stereocenters. The molecule has 0 aliphatic heterocycles. The van der Waals surface area contributed by atoms with Gasteiger partial charge in [-0.25, -0.2) is 4.39 Å². The van der Waals surface area contributed by atoms with Gasteiger partial charge in [0.15, 0.2) is 0 Å². The number of carbonyl (C=O) groups excluding carboxylic acids is 1. The molecule has 0 spiro atoms. The Balaban J connectivity index is 2.22. The number of carbonyl (C=O) groups is 1. The zero-order valence-corrected chi connectivity index (χ0v) is 16.5. The maximum atomic E-state index is 14.0. The van der Waals surface area contributed by atoms with Crippen LogP contribution in [0.1, 0.15) is 23.1 Å². The van der Waals surface area contributed by atoms with Gasteiger partial charge in [-0.3, -0.25) is 9.69 Å². The molecule has 2 rings (SSSR count). The minimum Gasteiger partial charge on any atom is -0.310 e. The first kappa shape index (κ1) is 21.3. The van der Waals surface area contributed by atoms with Crippen molar-refractivity contribution in [3.8, 4) is 6.07 Å². The van der Waals surface area contributed by atoms with Crippen molar-refractivity contribution in [2.45, 2.75) is 26.8 Å². The molecular weight excluding hydrogens is 353 g/mol. The SMILES string of the molecule is C=CCN(CC(=O)N(CCC#N)c1cc(C)cc(C)c1)Cc1ccccc1F. The number of hydrogen-bond donors (Lipinski definition) is 0. The standard InChI is InChI=1S/C23H26FN3O/c1-4-11-26(16-20-8-5-6-9-22(20)24)17-23(28)27(12-7-10-25)21-14-18(2)13-19(3)15-21/h4-6,8-9,13-15H,1,7,11-12,16-17H2,2-3H3. The summed E-state index contributed by atoms with van der Waals surface area (Å²) in [6.45, 7) is 8.90. The number of halogens is 1. The summed E-state index contributed by atoms with van der Waals surface area (Å²) in [5, 5.41) is 8.99. The summed E-state index contributed by atoms with van der Waals surface area (Å²) >= 11 is 0. The number of amides is 1. The minimum absolute atomic E-state index is 0.110. The first-order valence-corrected chi connectivity index (χ1v) is 9.27. The van der Waals surface area contributed by atoms with Crippen LogP contribution in [0.2, 0.25) is 0 Å². The number of anilines is 1. The number of nitriles is 1. The smallest absolute Gasteiger partial charge is 0.241 e. The molecular formula is C23H26FN3O. The quantitative estimate of drug-likeness (QED) is 0.608. The lowest BCUT2D eigenvalue weighted by atomic mass is 10.1. The highest BCUT2D eigenvalue weighted by molar-refractivity contribution is 5.95. The molecule has 0 aliphatic rings. The monoisotopic (exact) mass is 379 g/mol. The highest BCUT2D eigenvalue weighted by atomic mass is 19.1. The topological polar surface area (TPSA) is 47.3 Å². The first-order valence-electron chi connectivity index (χ1n) is 9.27. The van der Waals surface area contributed by atoms with Crippen molar-refractivity contribution in [1.29, 1.82) is 5.26 Å². The van der Waals surface area contributed by atoms with Crippen LogP contribution in [-0.2, 0) is 11.3 Å². The van der Waals surface area contributed by atoms with Gasteiger partial charge in [0.1, 0.15) is 5.82 Å². The maximum Gasteiger partial charge on any atom is 0.241 e. The lowest BCUT2D eigenvalue weighted by molar-refractivity contribution is -0.119. The van der Waals surface area contributed by atoms with E-state index >= 15 is 0 Å². The molecule has 0 saturated carbocycles. The summed E-state index contributed by atoms with van der Waals surface area (Å²) < 4.78 is 14.0. The number of benzene rings is 2. The number of rotatable bonds is 9. The lowest BCUT2D eigenvalue weighted by Crippen LogP contribution is -2.41. The molecule has 0 heterocycles. The molecule has 5 heteroatoms. The molecule has 0 aromatic heterocycles. The normalized spacial score (nSPS) is 10.5. The predicted molar refractivity (Wildman–Crippen MR) is 110 cm³/mol. The molecule has 0 bridgehead atoms. The van der Waals surface area contributed by atoms with E-state index < -0.39 is 0 Å². The highest BCUT2D eigenvalue weighted by Gasteiger charge is 2.20. The first-order chi connectivity index (χ1) is 13.4. The molecule has 0 atom stereocenters. The Morgan fingerprint density at radius 2 is 1.89 bits per heavy atom. The Morgan fingerprint density at radius 1 is 1.21 bits per heavy atom. The third-order valence-electron chi connectivity index (χ3n) is 4.36. The molecule has 1 amide bonds. The molecule has 2 aromatic rings. The summed E-state index contributed by atoms with van der Waals surface area (Å²) in [6, 6.07) is 14.6. The second kappa shape index (κ2) is 10.4. The van der Waals surface area contributed by atoms with E-state index in [2.05, 4.69) is 12.6 Å². The van der Waals surface area contributed by atoms with Gasteiger partial charge in [0.2, 0.25) is 5.91 Å². The van der Waals surface area contributed by atoms with Gasteiger partial charge in [-0.05, 0) is 43.2 Å². The average molecular weight is 379 g/mol. The van der Waals surface area contributed by atoms with Crippen LogP contribution in [0.3, 0.4) is 0 Å². The zero-order chi connectivity index (χ0) is 20.5. The van der Waals surface area contributed by atoms with E-state index in [-0.39, 0.29) is 24.7 Å². The van der Waals surface area contributed by atoms with Crippen LogP contribution in [0.15, 0.2) is 55.1 Å². The molecule has 0 N–H and O–H groups in total. The van der Waals surface area contributed by atoms with Crippen molar-refractivity contribution < 1.29 is 9.18 Å². The number of hydrogen-bond acceptors (Lipinski definition) is 3. The van der Waals surface area contributed by atoms with E-state index in [0.717, 1.165) is 16.8 Å². The van der Waals surface area contributed by atoms with Gasteiger partial charge in [0.25, 0.3) is 0 Å². The fourth-order valence-electron chi connectivity index (χ4n) is 3.18. The molecule has 0 fully saturated rings. The largest absolute Gasteiger partial charge is 0.310 e. The Labute approximate surface area is 166 Å². The summed E-state index contributed by atoms with van der Waals surface area (Å²) in [6.07, 6.45) is 1.94. The fraction of sp³-hybridized carbons (Fsp3) is 0.304. The number of nitrogens with zero attached hydrogens (tertiary/aromatic N) is 3. The molecule has 2 aromatic carbocycles. The molecule has 0 aliphatic carbocycles. The minimum atomic E-state index is -0.292. The Kier molecular flexibility index (Phi) is 7.91. The summed E-state index contributed by atoms with van der Waals surface area (Å²) in [4.78, 5) is 16.6. The Morgan fingerprint density at radius 3 is 2.50 bits per heavy atom. The van der Waals surface area contributed by atoms with E-state index in [4.69, 9.17) is 5.26 Å². The van der Waals surface area contributed by atoms with Crippen LogP contribution in [-0.4, -0.2) is 30.4 Å². The second-order valence-corrected chi connectivity index (χ2v) is 6.85. The summed E-state index contributed by atoms with van der Waals surface area (Å²) in [5.41, 5.74) is 3.42. The lowest BCUT2D eigenvalue weighted by Gasteiger charge is -2.27. The summed E-state index contributed by atoms with van der Waals surface area (Å²) in [5.74, 6) is -0.418. The molecule has 146 valence electrons. The van der Waals surface area contributed by atoms with E-state index in [1.807, 2.05) is 36.9 Å². The van der Waals surface area contributed by atoms with Crippen molar-refractivity contribution in [2.24, 2.45) is 0 Å². The highest BCUT2D eigenvalue weighted by Crippen LogP contribution is 2.20. The van der Waals surface area contributed by atoms with Gasteiger partial charge in [-0.2, -0.15) is 5.26 Å². The number of aryl methyl sites for hydroxylation is 2. The van der Waals surface area contributed by atoms with Gasteiger partial charge in [0.05, 0.1) is 19.0 Å². The van der Waals surface area contributed by atoms with E-state index in [1.165, 1.54) is 6.07 Å². The van der Waals surface area contributed by atoms with E-state index in [0.29, 0.717) is 25.2 Å². The third-order valence-corrected chi connectivity index (χ3v) is 4.36. The molecule has 4 nitrogen and oxygen atoms in total. The summed E-state index contributed by atoms with van der Waals surface area (Å²) in [7, 11) is 0. The Hall–Kier alpha value is -2.97. The van der Waals surface area contributed by atoms with Crippen molar-refractivity contribution in [3.63, 3.8) is 0 Å². The van der Waals surface area contributed by atoms with Crippen molar-refractivity contribution >= 4 is 11.6 Å². The van der Waals surface area contributed by atoms with Crippen LogP contribution < -0.4 is 4.90 Å². The molecule has 0 radical (unpaired) electrons. The maximum absolute atomic E-state index is 14.0. The second-order valence-electron chi connectivity index (χ2n) is 6.85. The van der Waals surface area contributed by atoms with Crippen LogP contribution >= 0.6 is 0 Å². The van der Waals surface area contributed by atoms with Crippen LogP contribution in [0, 0.1) is 31.0 Å². The van der Waals surface area contributed by atoms with Crippen LogP contribution in [0.4, 0.5) is 10.1 Å². The molecule has 28 heavy (non-hydrogen) atoms. The van der Waals surface area contributed by atoms with Crippen molar-refractivity contribution in [1.82, 2.24) is 4.90 Å². The molecule has 0 saturated heterocycles. The van der Waals surface area contributed by atoms with Gasteiger partial charge < -0.3 is 4.90 Å². The van der Waals surface area contributed by atoms with Gasteiger partial charge >= 0.3 is 0 Å². The Bertz CT molecular complexity index is 852. The third kappa shape index (κ3) is 6.04. The van der Waals surface area contributed by atoms with Gasteiger partial charge in [0, 0.05) is 30.9 Å². The predicted octanol–water partition coefficient (Wildman–Crippen LogP) is 4.38. The van der Waals surface area contributed by atoms with Crippen molar-refractivity contribution in [3.05, 3.63) is 77.6 Å². The van der Waals surface area contributed by atoms with Crippen molar-refractivity contribution in [2.75, 3.05) is 24.5 Å². The average Bonchev–Trinajstić information content (AvgIpc) is 2.63. The van der Waals surface area contributed by atoms with Crippen LogP contribution in [0.25, 0.3) is 0 Å². The van der Waals surface area contributed by atoms with E-state index in [9.17, 15) is 9.18 Å². The fourth-order valence-corrected chi connectivity index (χ4v) is 3.18. The van der Waals surface area contributed by atoms with Gasteiger partial charge in [-0.15, -0.1) is 6.58 Å². The zero-order valence-electron chi connectivity index (χ0n) is 16.5. The van der Waals surface area contributed by atoms with Gasteiger partial charge in [-0.1, -0.05) is 30.3 Å². The van der Waals surface area contributed by atoms with Crippen LogP contribution in [0.5, 0.6) is 0 Å². The van der Waals surface area contributed by atoms with E-state index in [1.54, 1.807) is 29.2 Å².